The molecule has 1 aromatic heterocycles. The van der Waals surface area contributed by atoms with Gasteiger partial charge in [-0.2, -0.15) is 0 Å². The van der Waals surface area contributed by atoms with Crippen molar-refractivity contribution in [1.29, 1.82) is 0 Å². The summed E-state index contributed by atoms with van der Waals surface area (Å²) in [4.78, 5) is 32.6. The van der Waals surface area contributed by atoms with Crippen molar-refractivity contribution in [1.82, 2.24) is 9.88 Å². The zero-order chi connectivity index (χ0) is 28.9. The van der Waals surface area contributed by atoms with E-state index in [1.54, 1.807) is 42.7 Å². The molecule has 2 aliphatic heterocycles. The zero-order valence-electron chi connectivity index (χ0n) is 23.8. The number of pyridine rings is 1. The highest BCUT2D eigenvalue weighted by Gasteiger charge is 2.46. The van der Waals surface area contributed by atoms with Gasteiger partial charge in [-0.3, -0.25) is 14.6 Å². The molecule has 1 saturated heterocycles. The summed E-state index contributed by atoms with van der Waals surface area (Å²) in [5.74, 6) is 0.268. The average molecular weight is 557 g/mol. The summed E-state index contributed by atoms with van der Waals surface area (Å²) in [6.45, 7) is 7.16. The lowest BCUT2D eigenvalue weighted by molar-refractivity contribution is -0.140. The third-order valence-electron chi connectivity index (χ3n) is 7.40. The predicted molar refractivity (Wildman–Crippen MR) is 155 cm³/mol. The minimum absolute atomic E-state index is 0.0352. The number of hydrogen-bond donors (Lipinski definition) is 1. The van der Waals surface area contributed by atoms with E-state index >= 15 is 0 Å². The van der Waals surface area contributed by atoms with Gasteiger partial charge in [0.25, 0.3) is 11.7 Å². The van der Waals surface area contributed by atoms with Crippen molar-refractivity contribution >= 4 is 17.4 Å². The number of hydrogen-bond acceptors (Lipinski definition) is 7. The molecule has 0 saturated carbocycles. The quantitative estimate of drug-likeness (QED) is 0.134. The van der Waals surface area contributed by atoms with Gasteiger partial charge in [0, 0.05) is 30.9 Å². The van der Waals surface area contributed by atoms with Crippen LogP contribution in [0.1, 0.15) is 68.3 Å². The van der Waals surface area contributed by atoms with Crippen molar-refractivity contribution in [2.24, 2.45) is 0 Å². The van der Waals surface area contributed by atoms with Crippen LogP contribution < -0.4 is 14.2 Å². The summed E-state index contributed by atoms with van der Waals surface area (Å²) < 4.78 is 17.8. The van der Waals surface area contributed by atoms with Gasteiger partial charge in [0.05, 0.1) is 24.8 Å². The Kier molecular flexibility index (Phi) is 8.57. The van der Waals surface area contributed by atoms with Crippen molar-refractivity contribution in [3.05, 3.63) is 88.8 Å². The molecule has 214 valence electrons. The van der Waals surface area contributed by atoms with Gasteiger partial charge in [0.15, 0.2) is 11.5 Å². The highest BCUT2D eigenvalue weighted by molar-refractivity contribution is 6.46. The summed E-state index contributed by atoms with van der Waals surface area (Å²) in [5, 5.41) is 11.6. The predicted octanol–water partition coefficient (Wildman–Crippen LogP) is 5.99. The Hall–Kier alpha value is -4.33. The smallest absolute Gasteiger partial charge is 0.295 e. The summed E-state index contributed by atoms with van der Waals surface area (Å²) in [7, 11) is 0. The number of benzene rings is 2. The van der Waals surface area contributed by atoms with Crippen LogP contribution >= 0.6 is 0 Å². The molecule has 1 fully saturated rings. The molecule has 2 aliphatic rings. The van der Waals surface area contributed by atoms with E-state index in [2.05, 4.69) is 11.9 Å². The lowest BCUT2D eigenvalue weighted by Gasteiger charge is -2.26. The zero-order valence-corrected chi connectivity index (χ0v) is 23.8. The van der Waals surface area contributed by atoms with Crippen LogP contribution in [-0.4, -0.2) is 46.0 Å². The first-order valence-electron chi connectivity index (χ1n) is 14.3. The fourth-order valence-electron chi connectivity index (χ4n) is 5.42. The van der Waals surface area contributed by atoms with E-state index in [4.69, 9.17) is 14.2 Å². The number of fused-ring (bicyclic) bond motifs is 1. The number of aromatic nitrogens is 1. The molecule has 3 aromatic rings. The van der Waals surface area contributed by atoms with E-state index in [0.29, 0.717) is 42.3 Å². The third kappa shape index (κ3) is 5.92. The fraction of sp³-hybridized carbons (Fsp3) is 0.364. The molecule has 2 aromatic carbocycles. The number of carbonyl (C=O) groups excluding carboxylic acids is 2. The van der Waals surface area contributed by atoms with Crippen LogP contribution in [0.4, 0.5) is 0 Å². The second-order valence-electron chi connectivity index (χ2n) is 10.4. The molecule has 0 spiro atoms. The van der Waals surface area contributed by atoms with Gasteiger partial charge in [-0.25, -0.2) is 0 Å². The van der Waals surface area contributed by atoms with Crippen LogP contribution in [0.5, 0.6) is 17.2 Å². The first-order chi connectivity index (χ1) is 19.9. The monoisotopic (exact) mass is 556 g/mol. The van der Waals surface area contributed by atoms with Gasteiger partial charge >= 0.3 is 0 Å². The van der Waals surface area contributed by atoms with E-state index in [9.17, 15) is 14.7 Å². The Morgan fingerprint density at radius 1 is 1.02 bits per heavy atom. The molecule has 3 heterocycles. The molecule has 1 N–H and O–H groups in total. The Balaban J connectivity index is 1.59. The number of aliphatic hydroxyl groups is 1. The lowest BCUT2D eigenvalue weighted by atomic mass is 9.94. The largest absolute Gasteiger partial charge is 0.507 e. The summed E-state index contributed by atoms with van der Waals surface area (Å²) in [6.07, 6.45) is 7.12. The number of amides is 1. The molecule has 0 aliphatic carbocycles. The molecular weight excluding hydrogens is 520 g/mol. The molecule has 0 bridgehead atoms. The Labute approximate surface area is 240 Å². The van der Waals surface area contributed by atoms with Crippen molar-refractivity contribution in [2.45, 2.75) is 65.1 Å². The van der Waals surface area contributed by atoms with E-state index in [1.165, 1.54) is 4.90 Å². The first kappa shape index (κ1) is 28.2. The first-order valence-corrected chi connectivity index (χ1v) is 14.3. The Morgan fingerprint density at radius 3 is 2.59 bits per heavy atom. The number of ketones is 1. The molecule has 0 unspecified atom stereocenters. The standard InChI is InChI=1S/C33H36N2O6/c1-4-6-7-16-40-27-11-8-23(19-28(27)39-5-2)30-29(31(36)24-9-10-26-25(18-24)17-21(3)41-26)32(37)33(38)35(30)20-22-12-14-34-15-13-22/h8-15,18-19,21,30,36H,4-7,16-17,20H2,1-3H3/t21-,30-/m1/s1. The molecule has 8 heteroatoms. The van der Waals surface area contributed by atoms with Crippen LogP contribution in [0, 0.1) is 0 Å². The van der Waals surface area contributed by atoms with Crippen molar-refractivity contribution in [2.75, 3.05) is 13.2 Å². The van der Waals surface area contributed by atoms with E-state index in [-0.39, 0.29) is 24.0 Å². The minimum atomic E-state index is -0.833. The molecule has 8 nitrogen and oxygen atoms in total. The number of ether oxygens (including phenoxy) is 3. The second-order valence-corrected chi connectivity index (χ2v) is 10.4. The number of likely N-dealkylation sites (tertiary alicyclic amines) is 1. The SMILES string of the molecule is CCCCCOc1ccc([C@@H]2C(=C(O)c3ccc4c(c3)C[C@@H](C)O4)C(=O)C(=O)N2Cc2ccncc2)cc1OCC. The maximum Gasteiger partial charge on any atom is 0.295 e. The van der Waals surface area contributed by atoms with E-state index in [0.717, 1.165) is 36.1 Å². The molecule has 0 radical (unpaired) electrons. The van der Waals surface area contributed by atoms with Crippen molar-refractivity contribution < 1.29 is 28.9 Å². The Bertz CT molecular complexity index is 1450. The number of unbranched alkanes of at least 4 members (excludes halogenated alkanes) is 2. The topological polar surface area (TPSA) is 98.2 Å². The maximum absolute atomic E-state index is 13.6. The number of aliphatic hydroxyl groups excluding tert-OH is 1. The van der Waals surface area contributed by atoms with Crippen molar-refractivity contribution in [3.8, 4) is 17.2 Å². The highest BCUT2D eigenvalue weighted by Crippen LogP contribution is 2.43. The normalized spacial score (nSPS) is 19.2. The van der Waals surface area contributed by atoms with Crippen LogP contribution in [0.3, 0.4) is 0 Å². The molecule has 41 heavy (non-hydrogen) atoms. The van der Waals surface area contributed by atoms with Gasteiger partial charge in [0.2, 0.25) is 0 Å². The van der Waals surface area contributed by atoms with E-state index in [1.807, 2.05) is 32.0 Å². The maximum atomic E-state index is 13.6. The van der Waals surface area contributed by atoms with Crippen LogP contribution in [0.15, 0.2) is 66.5 Å². The fourth-order valence-corrected chi connectivity index (χ4v) is 5.42. The van der Waals surface area contributed by atoms with Crippen LogP contribution in [0.25, 0.3) is 5.76 Å². The van der Waals surface area contributed by atoms with Gasteiger partial charge in [-0.1, -0.05) is 25.8 Å². The molecule has 2 atom stereocenters. The highest BCUT2D eigenvalue weighted by atomic mass is 16.5. The second kappa shape index (κ2) is 12.5. The van der Waals surface area contributed by atoms with Gasteiger partial charge in [-0.15, -0.1) is 0 Å². The summed E-state index contributed by atoms with van der Waals surface area (Å²) in [5.41, 5.74) is 2.91. The number of nitrogens with zero attached hydrogens (tertiary/aromatic N) is 2. The number of carbonyl (C=O) groups is 2. The molecule has 1 amide bonds. The average Bonchev–Trinajstić information content (AvgIpc) is 3.47. The van der Waals surface area contributed by atoms with E-state index < -0.39 is 17.7 Å². The minimum Gasteiger partial charge on any atom is -0.507 e. The molecule has 5 rings (SSSR count). The lowest BCUT2D eigenvalue weighted by Crippen LogP contribution is -2.29. The Morgan fingerprint density at radius 2 is 1.83 bits per heavy atom. The number of Topliss-reactive ketones (excluding diaryl/α,β-unsaturated/α-hetero) is 1. The van der Waals surface area contributed by atoms with Crippen LogP contribution in [0.2, 0.25) is 0 Å². The summed E-state index contributed by atoms with van der Waals surface area (Å²) in [6, 6.07) is 13.6. The summed E-state index contributed by atoms with van der Waals surface area (Å²) >= 11 is 0. The molecular formula is C33H36N2O6. The van der Waals surface area contributed by atoms with Gasteiger partial charge < -0.3 is 24.2 Å². The van der Waals surface area contributed by atoms with Gasteiger partial charge in [-0.05, 0) is 79.4 Å². The number of rotatable bonds is 11. The van der Waals surface area contributed by atoms with Gasteiger partial charge in [0.1, 0.15) is 17.6 Å². The van der Waals surface area contributed by atoms with Crippen LogP contribution in [-0.2, 0) is 22.6 Å². The third-order valence-corrected chi connectivity index (χ3v) is 7.40. The van der Waals surface area contributed by atoms with Crippen molar-refractivity contribution in [3.63, 3.8) is 0 Å².